The van der Waals surface area contributed by atoms with Gasteiger partial charge in [-0.3, -0.25) is 9.59 Å². The maximum atomic E-state index is 12.9. The van der Waals surface area contributed by atoms with E-state index in [9.17, 15) is 9.59 Å². The Labute approximate surface area is 138 Å². The molecule has 24 heavy (non-hydrogen) atoms. The lowest BCUT2D eigenvalue weighted by atomic mass is 10.1. The number of amides is 1. The minimum atomic E-state index is -0.930. The Hall–Kier alpha value is -2.74. The molecule has 0 aliphatic carbocycles. The van der Waals surface area contributed by atoms with Gasteiger partial charge < -0.3 is 14.7 Å². The SMILES string of the molecule is O=C(O)CC1CN(C(=O)c2ccccc2Cn2cncn2)CCO1. The highest BCUT2D eigenvalue weighted by atomic mass is 16.5. The maximum absolute atomic E-state index is 12.9. The number of carboxylic acids is 1. The fourth-order valence-corrected chi connectivity index (χ4v) is 2.75. The number of ether oxygens (including phenoxy) is 1. The standard InChI is InChI=1S/C16H18N4O4/c21-15(22)7-13-9-19(5-6-24-13)16(23)14-4-2-1-3-12(14)8-20-11-17-10-18-20/h1-4,10-11,13H,5-9H2,(H,21,22). The molecule has 1 aliphatic rings. The first-order valence-electron chi connectivity index (χ1n) is 7.66. The van der Waals surface area contributed by atoms with E-state index in [1.807, 2.05) is 18.2 Å². The second kappa shape index (κ2) is 7.22. The first-order chi connectivity index (χ1) is 11.6. The molecule has 1 N–H and O–H groups in total. The van der Waals surface area contributed by atoms with Crippen molar-refractivity contribution in [3.05, 3.63) is 48.0 Å². The van der Waals surface area contributed by atoms with Gasteiger partial charge >= 0.3 is 5.97 Å². The molecule has 1 aliphatic heterocycles. The summed E-state index contributed by atoms with van der Waals surface area (Å²) in [7, 11) is 0. The van der Waals surface area contributed by atoms with Crippen LogP contribution in [0.3, 0.4) is 0 Å². The fourth-order valence-electron chi connectivity index (χ4n) is 2.75. The maximum Gasteiger partial charge on any atom is 0.306 e. The van der Waals surface area contributed by atoms with Crippen molar-refractivity contribution in [1.29, 1.82) is 0 Å². The number of aliphatic carboxylic acids is 1. The zero-order chi connectivity index (χ0) is 16.9. The summed E-state index contributed by atoms with van der Waals surface area (Å²) in [4.78, 5) is 29.3. The van der Waals surface area contributed by atoms with Gasteiger partial charge in [-0.05, 0) is 11.6 Å². The second-order valence-electron chi connectivity index (χ2n) is 5.59. The molecule has 0 spiro atoms. The van der Waals surface area contributed by atoms with Gasteiger partial charge in [-0.1, -0.05) is 18.2 Å². The van der Waals surface area contributed by atoms with Gasteiger partial charge in [0.1, 0.15) is 12.7 Å². The van der Waals surface area contributed by atoms with Crippen molar-refractivity contribution in [2.75, 3.05) is 19.7 Å². The van der Waals surface area contributed by atoms with E-state index in [0.29, 0.717) is 25.3 Å². The van der Waals surface area contributed by atoms with Crippen molar-refractivity contribution in [2.24, 2.45) is 0 Å². The number of aromatic nitrogens is 3. The third-order valence-electron chi connectivity index (χ3n) is 3.87. The largest absolute Gasteiger partial charge is 0.481 e. The van der Waals surface area contributed by atoms with Gasteiger partial charge in [0.2, 0.25) is 0 Å². The summed E-state index contributed by atoms with van der Waals surface area (Å²) in [6.07, 6.45) is 2.47. The van der Waals surface area contributed by atoms with Crippen molar-refractivity contribution in [3.8, 4) is 0 Å². The van der Waals surface area contributed by atoms with Crippen LogP contribution in [0.1, 0.15) is 22.3 Å². The van der Waals surface area contributed by atoms with E-state index in [0.717, 1.165) is 5.56 Å². The van der Waals surface area contributed by atoms with Crippen molar-refractivity contribution < 1.29 is 19.4 Å². The summed E-state index contributed by atoms with van der Waals surface area (Å²) in [5, 5.41) is 13.0. The molecule has 2 aromatic rings. The molecule has 8 heteroatoms. The lowest BCUT2D eigenvalue weighted by Gasteiger charge is -2.32. The predicted molar refractivity (Wildman–Crippen MR) is 83.5 cm³/mol. The Morgan fingerprint density at radius 3 is 2.92 bits per heavy atom. The molecule has 2 heterocycles. The molecule has 1 aromatic heterocycles. The fraction of sp³-hybridized carbons (Fsp3) is 0.375. The van der Waals surface area contributed by atoms with E-state index in [1.54, 1.807) is 22.0 Å². The average Bonchev–Trinajstić information content (AvgIpc) is 3.07. The Bertz CT molecular complexity index is 717. The van der Waals surface area contributed by atoms with Gasteiger partial charge in [-0.2, -0.15) is 5.10 Å². The first-order valence-corrected chi connectivity index (χ1v) is 7.66. The van der Waals surface area contributed by atoms with Crippen LogP contribution < -0.4 is 0 Å². The minimum Gasteiger partial charge on any atom is -0.481 e. The number of carbonyl (C=O) groups is 2. The molecule has 0 bridgehead atoms. The molecule has 126 valence electrons. The Kier molecular flexibility index (Phi) is 4.85. The number of rotatable bonds is 5. The number of hydrogen-bond donors (Lipinski definition) is 1. The van der Waals surface area contributed by atoms with E-state index in [1.165, 1.54) is 6.33 Å². The van der Waals surface area contributed by atoms with E-state index >= 15 is 0 Å². The minimum absolute atomic E-state index is 0.107. The van der Waals surface area contributed by atoms with Crippen LogP contribution in [0.2, 0.25) is 0 Å². The van der Waals surface area contributed by atoms with Gasteiger partial charge in [0, 0.05) is 18.7 Å². The number of nitrogens with zero attached hydrogens (tertiary/aromatic N) is 4. The molecule has 1 amide bonds. The van der Waals surface area contributed by atoms with Crippen LogP contribution in [0, 0.1) is 0 Å². The Balaban J connectivity index is 1.76. The van der Waals surface area contributed by atoms with E-state index in [-0.39, 0.29) is 18.9 Å². The topological polar surface area (TPSA) is 97.6 Å². The molecular formula is C16H18N4O4. The Morgan fingerprint density at radius 2 is 2.17 bits per heavy atom. The number of morpholine rings is 1. The summed E-state index contributed by atoms with van der Waals surface area (Å²) in [6.45, 7) is 1.52. The number of carbonyl (C=O) groups excluding carboxylic acids is 1. The van der Waals surface area contributed by atoms with Gasteiger partial charge in [-0.15, -0.1) is 0 Å². The highest BCUT2D eigenvalue weighted by Crippen LogP contribution is 2.16. The highest BCUT2D eigenvalue weighted by Gasteiger charge is 2.27. The Morgan fingerprint density at radius 1 is 1.33 bits per heavy atom. The van der Waals surface area contributed by atoms with Crippen molar-refractivity contribution in [3.63, 3.8) is 0 Å². The second-order valence-corrected chi connectivity index (χ2v) is 5.59. The summed E-state index contributed by atoms with van der Waals surface area (Å²) in [6, 6.07) is 7.34. The third-order valence-corrected chi connectivity index (χ3v) is 3.87. The molecule has 1 aromatic carbocycles. The molecule has 1 unspecified atom stereocenters. The zero-order valence-corrected chi connectivity index (χ0v) is 13.0. The van der Waals surface area contributed by atoms with Gasteiger partial charge in [0.05, 0.1) is 25.7 Å². The molecule has 1 fully saturated rings. The lowest BCUT2D eigenvalue weighted by Crippen LogP contribution is -2.46. The smallest absolute Gasteiger partial charge is 0.306 e. The van der Waals surface area contributed by atoms with Crippen LogP contribution in [-0.4, -0.2) is 62.4 Å². The first kappa shape index (κ1) is 16.1. The van der Waals surface area contributed by atoms with Crippen LogP contribution in [0.25, 0.3) is 0 Å². The van der Waals surface area contributed by atoms with Crippen LogP contribution in [0.5, 0.6) is 0 Å². The normalized spacial score (nSPS) is 17.7. The van der Waals surface area contributed by atoms with Crippen LogP contribution in [0.15, 0.2) is 36.9 Å². The lowest BCUT2D eigenvalue weighted by molar-refractivity contribution is -0.141. The number of carboxylic acid groups (broad SMARTS) is 1. The third kappa shape index (κ3) is 3.77. The van der Waals surface area contributed by atoms with E-state index in [4.69, 9.17) is 9.84 Å². The molecule has 0 saturated carbocycles. The van der Waals surface area contributed by atoms with Crippen LogP contribution >= 0.6 is 0 Å². The van der Waals surface area contributed by atoms with Crippen molar-refractivity contribution in [2.45, 2.75) is 19.1 Å². The van der Waals surface area contributed by atoms with Gasteiger partial charge in [0.15, 0.2) is 0 Å². The average molecular weight is 330 g/mol. The summed E-state index contributed by atoms with van der Waals surface area (Å²) >= 11 is 0. The molecule has 3 rings (SSSR count). The van der Waals surface area contributed by atoms with E-state index in [2.05, 4.69) is 10.1 Å². The number of hydrogen-bond acceptors (Lipinski definition) is 5. The molecule has 0 radical (unpaired) electrons. The van der Waals surface area contributed by atoms with Crippen LogP contribution in [0.4, 0.5) is 0 Å². The highest BCUT2D eigenvalue weighted by molar-refractivity contribution is 5.95. The molecule has 8 nitrogen and oxygen atoms in total. The molecule has 1 atom stereocenters. The van der Waals surface area contributed by atoms with Crippen molar-refractivity contribution in [1.82, 2.24) is 19.7 Å². The summed E-state index contributed by atoms with van der Waals surface area (Å²) < 4.78 is 7.07. The zero-order valence-electron chi connectivity index (χ0n) is 13.0. The van der Waals surface area contributed by atoms with E-state index < -0.39 is 12.1 Å². The van der Waals surface area contributed by atoms with Gasteiger partial charge in [-0.25, -0.2) is 9.67 Å². The number of benzene rings is 1. The van der Waals surface area contributed by atoms with Crippen LogP contribution in [-0.2, 0) is 16.1 Å². The van der Waals surface area contributed by atoms with Crippen molar-refractivity contribution >= 4 is 11.9 Å². The van der Waals surface area contributed by atoms with Gasteiger partial charge in [0.25, 0.3) is 5.91 Å². The molecular weight excluding hydrogens is 312 g/mol. The quantitative estimate of drug-likeness (QED) is 0.864. The summed E-state index contributed by atoms with van der Waals surface area (Å²) in [5.41, 5.74) is 1.43. The molecule has 1 saturated heterocycles. The predicted octanol–water partition coefficient (Wildman–Crippen LogP) is 0.642. The monoisotopic (exact) mass is 330 g/mol. The summed E-state index contributed by atoms with van der Waals surface area (Å²) in [5.74, 6) is -1.05.